The van der Waals surface area contributed by atoms with Crippen molar-refractivity contribution in [2.24, 2.45) is 5.92 Å². The Morgan fingerprint density at radius 2 is 1.83 bits per heavy atom. The molecular formula is C17H34O5Si. The van der Waals surface area contributed by atoms with E-state index in [1.807, 2.05) is 7.11 Å². The first-order valence-corrected chi connectivity index (χ1v) is 11.0. The van der Waals surface area contributed by atoms with Gasteiger partial charge in [-0.15, -0.1) is 0 Å². The highest BCUT2D eigenvalue weighted by molar-refractivity contribution is 6.70. The van der Waals surface area contributed by atoms with E-state index in [1.165, 1.54) is 0 Å². The Balaban J connectivity index is 2.27. The summed E-state index contributed by atoms with van der Waals surface area (Å²) in [5.74, 6) is 0.281. The van der Waals surface area contributed by atoms with Crippen molar-refractivity contribution < 1.29 is 23.1 Å². The maximum atomic E-state index is 6.24. The van der Waals surface area contributed by atoms with Gasteiger partial charge in [0, 0.05) is 27.2 Å². The molecule has 23 heavy (non-hydrogen) atoms. The molecule has 0 bridgehead atoms. The second-order valence-corrected chi connectivity index (χ2v) is 10.4. The van der Waals surface area contributed by atoms with Crippen molar-refractivity contribution in [2.75, 3.05) is 34.5 Å². The van der Waals surface area contributed by atoms with Crippen LogP contribution in [0.3, 0.4) is 0 Å². The Kier molecular flexibility index (Phi) is 7.07. The van der Waals surface area contributed by atoms with E-state index in [1.54, 1.807) is 14.2 Å². The van der Waals surface area contributed by atoms with Crippen molar-refractivity contribution in [2.45, 2.75) is 69.4 Å². The first-order valence-electron chi connectivity index (χ1n) is 9.01. The zero-order valence-electron chi connectivity index (χ0n) is 15.4. The van der Waals surface area contributed by atoms with Gasteiger partial charge in [-0.2, -0.15) is 0 Å². The molecule has 136 valence electrons. The van der Waals surface area contributed by atoms with Crippen molar-refractivity contribution in [1.82, 2.24) is 0 Å². The lowest BCUT2D eigenvalue weighted by Gasteiger charge is -2.53. The average molecular weight is 347 g/mol. The molecule has 4 atom stereocenters. The minimum atomic E-state index is -2.45. The molecule has 0 aliphatic carbocycles. The van der Waals surface area contributed by atoms with Gasteiger partial charge < -0.3 is 23.1 Å². The van der Waals surface area contributed by atoms with Crippen molar-refractivity contribution in [3.63, 3.8) is 0 Å². The maximum Gasteiger partial charge on any atom is 0.371 e. The van der Waals surface area contributed by atoms with E-state index in [-0.39, 0.29) is 17.2 Å². The monoisotopic (exact) mass is 346 g/mol. The summed E-state index contributed by atoms with van der Waals surface area (Å²) >= 11 is 0. The van der Waals surface area contributed by atoms with Crippen LogP contribution >= 0.6 is 0 Å². The predicted molar refractivity (Wildman–Crippen MR) is 91.7 cm³/mol. The van der Waals surface area contributed by atoms with Gasteiger partial charge in [0.2, 0.25) is 0 Å². The van der Waals surface area contributed by atoms with Gasteiger partial charge in [-0.3, -0.25) is 0 Å². The molecule has 0 aromatic carbocycles. The Morgan fingerprint density at radius 3 is 2.30 bits per heavy atom. The summed E-state index contributed by atoms with van der Waals surface area (Å²) in [6.07, 6.45) is 5.72. The van der Waals surface area contributed by atoms with Gasteiger partial charge in [0.25, 0.3) is 0 Å². The summed E-state index contributed by atoms with van der Waals surface area (Å²) in [7, 11) is 2.96. The molecule has 0 N–H and O–H groups in total. The summed E-state index contributed by atoms with van der Waals surface area (Å²) in [6.45, 7) is 5.93. The molecule has 6 heteroatoms. The fraction of sp³-hybridized carbons (Fsp3) is 1.00. The lowest BCUT2D eigenvalue weighted by Crippen LogP contribution is -2.69. The third-order valence-corrected chi connectivity index (χ3v) is 10.2. The maximum absolute atomic E-state index is 6.24. The summed E-state index contributed by atoms with van der Waals surface area (Å²) in [5.41, 5.74) is 0. The summed E-state index contributed by atoms with van der Waals surface area (Å²) in [6, 6.07) is 0.993. The second kappa shape index (κ2) is 8.40. The molecule has 0 spiro atoms. The van der Waals surface area contributed by atoms with Gasteiger partial charge >= 0.3 is 8.56 Å². The summed E-state index contributed by atoms with van der Waals surface area (Å²) < 4.78 is 29.9. The molecule has 2 saturated heterocycles. The number of hydrogen-bond donors (Lipinski definition) is 0. The van der Waals surface area contributed by atoms with Gasteiger partial charge in [0.15, 0.2) is 0 Å². The number of ether oxygens (including phenoxy) is 3. The molecule has 2 rings (SSSR count). The van der Waals surface area contributed by atoms with E-state index in [4.69, 9.17) is 23.1 Å². The minimum Gasteiger partial charge on any atom is -0.396 e. The Morgan fingerprint density at radius 1 is 1.13 bits per heavy atom. The molecule has 0 amide bonds. The zero-order valence-corrected chi connectivity index (χ0v) is 16.4. The standard InChI is InChI=1S/C17H34O5Si/c1-6-15(16(7-2)22-13-14-12-21-14)17(18-3)10-8-9-11-23(17,19-4)20-5/h14-16H,6-13H2,1-5H3. The van der Waals surface area contributed by atoms with Crippen LogP contribution in [0.4, 0.5) is 0 Å². The number of hydrogen-bond acceptors (Lipinski definition) is 5. The van der Waals surface area contributed by atoms with Crippen LogP contribution < -0.4 is 0 Å². The number of epoxide rings is 1. The van der Waals surface area contributed by atoms with Crippen molar-refractivity contribution in [3.8, 4) is 0 Å². The average Bonchev–Trinajstić information content (AvgIpc) is 3.42. The van der Waals surface area contributed by atoms with Gasteiger partial charge in [0.05, 0.1) is 19.3 Å². The predicted octanol–water partition coefficient (Wildman–Crippen LogP) is 3.05. The molecule has 2 heterocycles. The highest BCUT2D eigenvalue weighted by Crippen LogP contribution is 2.47. The topological polar surface area (TPSA) is 49.5 Å². The van der Waals surface area contributed by atoms with E-state index in [0.717, 1.165) is 44.8 Å². The Hall–Kier alpha value is 0.0169. The van der Waals surface area contributed by atoms with Crippen LogP contribution in [-0.4, -0.2) is 60.5 Å². The van der Waals surface area contributed by atoms with Gasteiger partial charge in [-0.05, 0) is 25.3 Å². The van der Waals surface area contributed by atoms with Crippen LogP contribution in [0.1, 0.15) is 46.0 Å². The molecule has 0 saturated carbocycles. The highest BCUT2D eigenvalue weighted by Gasteiger charge is 2.63. The van der Waals surface area contributed by atoms with Crippen molar-refractivity contribution in [3.05, 3.63) is 0 Å². The first kappa shape index (κ1) is 19.3. The fourth-order valence-electron chi connectivity index (χ4n) is 4.46. The van der Waals surface area contributed by atoms with Crippen LogP contribution in [0.5, 0.6) is 0 Å². The third kappa shape index (κ3) is 3.67. The van der Waals surface area contributed by atoms with Gasteiger partial charge in [-0.25, -0.2) is 0 Å². The van der Waals surface area contributed by atoms with Crippen LogP contribution in [0.25, 0.3) is 0 Å². The van der Waals surface area contributed by atoms with E-state index in [0.29, 0.717) is 12.7 Å². The highest BCUT2D eigenvalue weighted by atomic mass is 28.4. The van der Waals surface area contributed by atoms with Crippen LogP contribution in [0.15, 0.2) is 0 Å². The minimum absolute atomic E-state index is 0.152. The molecule has 0 radical (unpaired) electrons. The largest absolute Gasteiger partial charge is 0.396 e. The summed E-state index contributed by atoms with van der Waals surface area (Å²) in [4.78, 5) is 0. The van der Waals surface area contributed by atoms with Gasteiger partial charge in [0.1, 0.15) is 11.3 Å². The Bertz CT molecular complexity index is 359. The zero-order chi connectivity index (χ0) is 16.9. The van der Waals surface area contributed by atoms with Crippen molar-refractivity contribution in [1.29, 1.82) is 0 Å². The molecule has 0 aromatic rings. The summed E-state index contributed by atoms with van der Waals surface area (Å²) in [5, 5.41) is -0.339. The van der Waals surface area contributed by atoms with E-state index in [9.17, 15) is 0 Å². The Labute approximate surface area is 142 Å². The molecule has 2 fully saturated rings. The second-order valence-electron chi connectivity index (χ2n) is 6.71. The quantitative estimate of drug-likeness (QED) is 0.449. The van der Waals surface area contributed by atoms with Crippen LogP contribution in [0.2, 0.25) is 6.04 Å². The molecule has 0 aromatic heterocycles. The lowest BCUT2D eigenvalue weighted by molar-refractivity contribution is -0.109. The number of rotatable bonds is 10. The van der Waals surface area contributed by atoms with Crippen LogP contribution in [0, 0.1) is 5.92 Å². The molecule has 2 aliphatic rings. The molecule has 5 nitrogen and oxygen atoms in total. The smallest absolute Gasteiger partial charge is 0.371 e. The third-order valence-electron chi connectivity index (χ3n) is 5.76. The van der Waals surface area contributed by atoms with Crippen molar-refractivity contribution >= 4 is 8.56 Å². The van der Waals surface area contributed by atoms with E-state index >= 15 is 0 Å². The molecular weight excluding hydrogens is 312 g/mol. The number of methoxy groups -OCH3 is 1. The lowest BCUT2D eigenvalue weighted by atomic mass is 9.87. The first-order chi connectivity index (χ1) is 11.1. The normalized spacial score (nSPS) is 32.5. The molecule has 2 aliphatic heterocycles. The van der Waals surface area contributed by atoms with Crippen LogP contribution in [-0.2, 0) is 23.1 Å². The van der Waals surface area contributed by atoms with E-state index < -0.39 is 8.56 Å². The van der Waals surface area contributed by atoms with E-state index in [2.05, 4.69) is 13.8 Å². The van der Waals surface area contributed by atoms with Gasteiger partial charge in [-0.1, -0.05) is 26.7 Å². The SMILES string of the molecule is CCC(OCC1CO1)C(CC)C1(OC)CCCC[Si]1(OC)OC. The molecule has 4 unspecified atom stereocenters. The fourth-order valence-corrected chi connectivity index (χ4v) is 8.69.